The second-order valence-corrected chi connectivity index (χ2v) is 9.35. The molecule has 3 heterocycles. The number of ether oxygens (including phenoxy) is 2. The number of aromatic nitrogens is 4. The van der Waals surface area contributed by atoms with Crippen LogP contribution in [-0.2, 0) is 11.3 Å². The number of hydrogen-bond acceptors (Lipinski definition) is 8. The third-order valence-electron chi connectivity index (χ3n) is 6.57. The van der Waals surface area contributed by atoms with Crippen LogP contribution in [0.3, 0.4) is 0 Å². The summed E-state index contributed by atoms with van der Waals surface area (Å²) >= 11 is 0. The SMILES string of the molecule is COc1ccc(-c2cc3c(cn2)nc(NC2CCC(N(C)C)CC2)c(=O)n3CCOCC(F)(F)F)cn1. The number of anilines is 1. The van der Waals surface area contributed by atoms with Crippen molar-refractivity contribution < 1.29 is 22.6 Å². The third kappa shape index (κ3) is 6.75. The Bertz CT molecular complexity index is 1260. The van der Waals surface area contributed by atoms with E-state index in [1.165, 1.54) is 11.7 Å². The van der Waals surface area contributed by atoms with Crippen molar-refractivity contribution in [1.82, 2.24) is 24.4 Å². The smallest absolute Gasteiger partial charge is 0.411 e. The Morgan fingerprint density at radius 3 is 2.51 bits per heavy atom. The Morgan fingerprint density at radius 2 is 1.89 bits per heavy atom. The normalized spacial score (nSPS) is 18.4. The van der Waals surface area contributed by atoms with Crippen molar-refractivity contribution in [3.63, 3.8) is 0 Å². The Balaban J connectivity index is 1.64. The van der Waals surface area contributed by atoms with Crippen LogP contribution in [0.15, 0.2) is 35.4 Å². The molecule has 1 fully saturated rings. The molecule has 0 aromatic carbocycles. The zero-order valence-electron chi connectivity index (χ0n) is 21.1. The summed E-state index contributed by atoms with van der Waals surface area (Å²) in [5.74, 6) is 0.609. The van der Waals surface area contributed by atoms with E-state index >= 15 is 0 Å². The fraction of sp³-hybridized carbons (Fsp3) is 0.520. The van der Waals surface area contributed by atoms with Crippen LogP contribution in [0.5, 0.6) is 5.88 Å². The molecule has 12 heteroatoms. The molecule has 0 unspecified atom stereocenters. The molecular weight excluding hydrogens is 489 g/mol. The molecule has 4 rings (SSSR count). The minimum absolute atomic E-state index is 0.0691. The van der Waals surface area contributed by atoms with E-state index in [0.717, 1.165) is 25.7 Å². The molecule has 3 aromatic heterocycles. The maximum absolute atomic E-state index is 13.5. The number of nitrogens with one attached hydrogen (secondary N) is 1. The van der Waals surface area contributed by atoms with Gasteiger partial charge >= 0.3 is 6.18 Å². The highest BCUT2D eigenvalue weighted by molar-refractivity contribution is 5.80. The first-order valence-electron chi connectivity index (χ1n) is 12.1. The lowest BCUT2D eigenvalue weighted by Gasteiger charge is -2.33. The number of alkyl halides is 3. The average molecular weight is 521 g/mol. The number of pyridine rings is 2. The Hall–Kier alpha value is -3.25. The van der Waals surface area contributed by atoms with E-state index in [4.69, 9.17) is 9.47 Å². The van der Waals surface area contributed by atoms with Gasteiger partial charge in [-0.3, -0.25) is 9.78 Å². The zero-order chi connectivity index (χ0) is 26.6. The second-order valence-electron chi connectivity index (χ2n) is 9.35. The number of rotatable bonds is 9. The Kier molecular flexibility index (Phi) is 8.28. The van der Waals surface area contributed by atoms with E-state index in [0.29, 0.717) is 34.2 Å². The zero-order valence-corrected chi connectivity index (χ0v) is 21.1. The second kappa shape index (κ2) is 11.4. The summed E-state index contributed by atoms with van der Waals surface area (Å²) in [7, 11) is 5.64. The summed E-state index contributed by atoms with van der Waals surface area (Å²) in [6, 6.07) is 5.74. The summed E-state index contributed by atoms with van der Waals surface area (Å²) < 4.78 is 49.0. The van der Waals surface area contributed by atoms with E-state index in [-0.39, 0.29) is 25.0 Å². The quantitative estimate of drug-likeness (QED) is 0.427. The van der Waals surface area contributed by atoms with Crippen molar-refractivity contribution in [2.45, 2.75) is 50.5 Å². The number of hydrogen-bond donors (Lipinski definition) is 1. The molecular formula is C25H31F3N6O3. The molecule has 1 aliphatic carbocycles. The van der Waals surface area contributed by atoms with Crippen LogP contribution in [0.1, 0.15) is 25.7 Å². The van der Waals surface area contributed by atoms with Crippen molar-refractivity contribution >= 4 is 16.9 Å². The van der Waals surface area contributed by atoms with E-state index in [1.54, 1.807) is 30.6 Å². The average Bonchev–Trinajstić information content (AvgIpc) is 2.88. The highest BCUT2D eigenvalue weighted by atomic mass is 19.4. The summed E-state index contributed by atoms with van der Waals surface area (Å²) in [5, 5.41) is 3.28. The maximum Gasteiger partial charge on any atom is 0.411 e. The standard InChI is InChI=1S/C25H31F3N6O3/c1-33(2)18-7-5-17(6-8-18)31-23-24(35)34(10-11-37-15-25(26,27)28)21-12-19(29-14-20(21)32-23)16-4-9-22(36-3)30-13-16/h4,9,12-14,17-18H,5-8,10-11,15H2,1-3H3,(H,31,32). The van der Waals surface area contributed by atoms with E-state index < -0.39 is 18.3 Å². The van der Waals surface area contributed by atoms with Gasteiger partial charge in [-0.25, -0.2) is 9.97 Å². The lowest BCUT2D eigenvalue weighted by molar-refractivity contribution is -0.174. The largest absolute Gasteiger partial charge is 0.481 e. The highest BCUT2D eigenvalue weighted by Gasteiger charge is 2.27. The first kappa shape index (κ1) is 26.8. The van der Waals surface area contributed by atoms with E-state index in [2.05, 4.69) is 39.3 Å². The van der Waals surface area contributed by atoms with Gasteiger partial charge in [-0.05, 0) is 51.9 Å². The van der Waals surface area contributed by atoms with Crippen LogP contribution >= 0.6 is 0 Å². The van der Waals surface area contributed by atoms with E-state index in [1.807, 2.05) is 0 Å². The highest BCUT2D eigenvalue weighted by Crippen LogP contribution is 2.25. The molecule has 3 aromatic rings. The third-order valence-corrected chi connectivity index (χ3v) is 6.57. The summed E-state index contributed by atoms with van der Waals surface area (Å²) in [5.41, 5.74) is 1.71. The Morgan fingerprint density at radius 1 is 1.14 bits per heavy atom. The maximum atomic E-state index is 13.5. The van der Waals surface area contributed by atoms with Crippen LogP contribution in [0.4, 0.5) is 19.0 Å². The van der Waals surface area contributed by atoms with Crippen LogP contribution in [0, 0.1) is 0 Å². The van der Waals surface area contributed by atoms with Crippen molar-refractivity contribution in [3.05, 3.63) is 40.9 Å². The topological polar surface area (TPSA) is 94.4 Å². The molecule has 0 amide bonds. The number of halogens is 3. The van der Waals surface area contributed by atoms with Crippen molar-refractivity contribution in [2.75, 3.05) is 39.7 Å². The van der Waals surface area contributed by atoms with Gasteiger partial charge in [0, 0.05) is 36.5 Å². The number of nitrogens with zero attached hydrogens (tertiary/aromatic N) is 5. The molecule has 1 aliphatic rings. The number of fused-ring (bicyclic) bond motifs is 1. The molecule has 1 N–H and O–H groups in total. The van der Waals surface area contributed by atoms with Crippen molar-refractivity contribution in [2.24, 2.45) is 0 Å². The summed E-state index contributed by atoms with van der Waals surface area (Å²) in [6.45, 7) is -1.73. The van der Waals surface area contributed by atoms with Crippen LogP contribution < -0.4 is 15.6 Å². The van der Waals surface area contributed by atoms with Gasteiger partial charge in [0.15, 0.2) is 5.82 Å². The predicted octanol–water partition coefficient (Wildman–Crippen LogP) is 3.73. The molecule has 0 atom stereocenters. The fourth-order valence-electron chi connectivity index (χ4n) is 4.55. The van der Waals surface area contributed by atoms with Gasteiger partial charge in [0.2, 0.25) is 5.88 Å². The minimum Gasteiger partial charge on any atom is -0.481 e. The molecule has 0 saturated heterocycles. The van der Waals surface area contributed by atoms with Gasteiger partial charge in [-0.15, -0.1) is 0 Å². The fourth-order valence-corrected chi connectivity index (χ4v) is 4.55. The first-order chi connectivity index (χ1) is 17.6. The lowest BCUT2D eigenvalue weighted by Crippen LogP contribution is -2.38. The molecule has 0 bridgehead atoms. The monoisotopic (exact) mass is 520 g/mol. The lowest BCUT2D eigenvalue weighted by atomic mass is 9.90. The summed E-state index contributed by atoms with van der Waals surface area (Å²) in [4.78, 5) is 28.9. The molecule has 37 heavy (non-hydrogen) atoms. The van der Waals surface area contributed by atoms with Gasteiger partial charge in [0.1, 0.15) is 12.1 Å². The Labute approximate surface area is 212 Å². The van der Waals surface area contributed by atoms with Crippen LogP contribution in [0.2, 0.25) is 0 Å². The minimum atomic E-state index is -4.44. The molecule has 0 aliphatic heterocycles. The molecule has 200 valence electrons. The van der Waals surface area contributed by atoms with E-state index in [9.17, 15) is 18.0 Å². The van der Waals surface area contributed by atoms with Crippen LogP contribution in [-0.4, -0.2) is 77.1 Å². The molecule has 0 spiro atoms. The van der Waals surface area contributed by atoms with Gasteiger partial charge in [-0.2, -0.15) is 13.2 Å². The molecule has 9 nitrogen and oxygen atoms in total. The van der Waals surface area contributed by atoms with Crippen LogP contribution in [0.25, 0.3) is 22.3 Å². The van der Waals surface area contributed by atoms with Gasteiger partial charge < -0.3 is 24.3 Å². The van der Waals surface area contributed by atoms with Crippen molar-refractivity contribution in [1.29, 1.82) is 0 Å². The predicted molar refractivity (Wildman–Crippen MR) is 134 cm³/mol. The summed E-state index contributed by atoms with van der Waals surface area (Å²) in [6.07, 6.45) is 2.47. The van der Waals surface area contributed by atoms with Gasteiger partial charge in [0.25, 0.3) is 5.56 Å². The van der Waals surface area contributed by atoms with Gasteiger partial charge in [0.05, 0.1) is 31.1 Å². The first-order valence-corrected chi connectivity index (χ1v) is 12.1. The van der Waals surface area contributed by atoms with Gasteiger partial charge in [-0.1, -0.05) is 0 Å². The molecule has 0 radical (unpaired) electrons. The van der Waals surface area contributed by atoms with Crippen molar-refractivity contribution in [3.8, 4) is 17.1 Å². The molecule has 1 saturated carbocycles. The number of methoxy groups -OCH3 is 1.